The summed E-state index contributed by atoms with van der Waals surface area (Å²) in [6.07, 6.45) is 5.90. The van der Waals surface area contributed by atoms with Crippen LogP contribution in [0.3, 0.4) is 0 Å². The van der Waals surface area contributed by atoms with Crippen LogP contribution in [0.15, 0.2) is 30.9 Å². The van der Waals surface area contributed by atoms with Gasteiger partial charge in [0.15, 0.2) is 5.78 Å². The predicted octanol–water partition coefficient (Wildman–Crippen LogP) is 4.15. The summed E-state index contributed by atoms with van der Waals surface area (Å²) in [5.74, 6) is -0.162. The van der Waals surface area contributed by atoms with Gasteiger partial charge in [0.25, 0.3) is 0 Å². The predicted molar refractivity (Wildman–Crippen MR) is 70.6 cm³/mol. The molecule has 0 N–H and O–H groups in total. The maximum atomic E-state index is 13.1. The van der Waals surface area contributed by atoms with E-state index in [0.29, 0.717) is 17.9 Å². The minimum atomic E-state index is -0.387. The van der Waals surface area contributed by atoms with Crippen LogP contribution in [0.25, 0.3) is 0 Å². The smallest absolute Gasteiger partial charge is 0.163 e. The number of ether oxygens (including phenoxy) is 1. The third kappa shape index (κ3) is 4.70. The summed E-state index contributed by atoms with van der Waals surface area (Å²) < 4.78 is 18.6. The average Bonchev–Trinajstić information content (AvgIpc) is 2.33. The first-order chi connectivity index (χ1) is 8.65. The Bertz CT molecular complexity index is 413. The molecule has 0 aliphatic rings. The highest BCUT2D eigenvalue weighted by Gasteiger charge is 2.09. The second kappa shape index (κ2) is 7.64. The SMILES string of the molecule is C=CCCCCCOc1cc(F)ccc1C(C)=O. The van der Waals surface area contributed by atoms with E-state index in [9.17, 15) is 9.18 Å². The van der Waals surface area contributed by atoms with E-state index in [4.69, 9.17) is 4.74 Å². The van der Waals surface area contributed by atoms with Gasteiger partial charge in [0, 0.05) is 6.07 Å². The number of Topliss-reactive ketones (excluding diaryl/α,β-unsaturated/α-hetero) is 1. The molecule has 2 nitrogen and oxygen atoms in total. The van der Waals surface area contributed by atoms with Crippen LogP contribution in [-0.2, 0) is 0 Å². The van der Waals surface area contributed by atoms with Gasteiger partial charge in [0.2, 0.25) is 0 Å². The van der Waals surface area contributed by atoms with Crippen LogP contribution in [0.4, 0.5) is 4.39 Å². The Kier molecular flexibility index (Phi) is 6.12. The van der Waals surface area contributed by atoms with Gasteiger partial charge in [-0.25, -0.2) is 4.39 Å². The van der Waals surface area contributed by atoms with E-state index in [-0.39, 0.29) is 11.6 Å². The molecule has 0 aliphatic heterocycles. The van der Waals surface area contributed by atoms with Gasteiger partial charge in [-0.3, -0.25) is 4.79 Å². The molecule has 0 saturated carbocycles. The lowest BCUT2D eigenvalue weighted by atomic mass is 10.1. The first-order valence-electron chi connectivity index (χ1n) is 6.19. The van der Waals surface area contributed by atoms with E-state index < -0.39 is 0 Å². The summed E-state index contributed by atoms with van der Waals surface area (Å²) in [4.78, 5) is 11.3. The minimum absolute atomic E-state index is 0.114. The first-order valence-corrected chi connectivity index (χ1v) is 6.19. The van der Waals surface area contributed by atoms with E-state index in [1.54, 1.807) is 0 Å². The molecule has 1 aromatic rings. The van der Waals surface area contributed by atoms with Gasteiger partial charge in [0.1, 0.15) is 11.6 Å². The quantitative estimate of drug-likeness (QED) is 0.393. The van der Waals surface area contributed by atoms with E-state index in [2.05, 4.69) is 6.58 Å². The highest BCUT2D eigenvalue weighted by molar-refractivity contribution is 5.96. The van der Waals surface area contributed by atoms with Gasteiger partial charge >= 0.3 is 0 Å². The highest BCUT2D eigenvalue weighted by Crippen LogP contribution is 2.21. The number of ketones is 1. The molecule has 98 valence electrons. The summed E-state index contributed by atoms with van der Waals surface area (Å²) in [5.41, 5.74) is 0.433. The lowest BCUT2D eigenvalue weighted by molar-refractivity contribution is 0.101. The topological polar surface area (TPSA) is 26.3 Å². The first kappa shape index (κ1) is 14.4. The zero-order valence-corrected chi connectivity index (χ0v) is 10.7. The van der Waals surface area contributed by atoms with Crippen LogP contribution >= 0.6 is 0 Å². The molecule has 0 unspecified atom stereocenters. The third-order valence-corrected chi connectivity index (χ3v) is 2.63. The van der Waals surface area contributed by atoms with Gasteiger partial charge in [-0.15, -0.1) is 6.58 Å². The van der Waals surface area contributed by atoms with Crippen molar-refractivity contribution in [3.63, 3.8) is 0 Å². The number of hydrogen-bond acceptors (Lipinski definition) is 2. The summed E-state index contributed by atoms with van der Waals surface area (Å²) >= 11 is 0. The number of halogens is 1. The molecule has 0 fully saturated rings. The lowest BCUT2D eigenvalue weighted by Crippen LogP contribution is -2.03. The van der Waals surface area contributed by atoms with E-state index >= 15 is 0 Å². The molecule has 0 heterocycles. The Morgan fingerprint density at radius 2 is 2.17 bits per heavy atom. The molecule has 0 spiro atoms. The normalized spacial score (nSPS) is 10.1. The van der Waals surface area contributed by atoms with Crippen molar-refractivity contribution < 1.29 is 13.9 Å². The number of benzene rings is 1. The van der Waals surface area contributed by atoms with Gasteiger partial charge in [0.05, 0.1) is 12.2 Å². The standard InChI is InChI=1S/C15H19FO2/c1-3-4-5-6-7-10-18-15-11-13(16)8-9-14(15)12(2)17/h3,8-9,11H,1,4-7,10H2,2H3. The van der Waals surface area contributed by atoms with Crippen molar-refractivity contribution in [3.05, 3.63) is 42.2 Å². The van der Waals surface area contributed by atoms with Gasteiger partial charge in [-0.05, 0) is 44.7 Å². The Morgan fingerprint density at radius 3 is 2.83 bits per heavy atom. The Labute approximate surface area is 107 Å². The van der Waals surface area contributed by atoms with E-state index in [0.717, 1.165) is 25.7 Å². The molecule has 3 heteroatoms. The molecule has 1 rings (SSSR count). The van der Waals surface area contributed by atoms with Crippen molar-refractivity contribution in [2.24, 2.45) is 0 Å². The maximum Gasteiger partial charge on any atom is 0.163 e. The molecular formula is C15H19FO2. The van der Waals surface area contributed by atoms with Gasteiger partial charge in [-0.2, -0.15) is 0 Å². The van der Waals surface area contributed by atoms with Crippen molar-refractivity contribution >= 4 is 5.78 Å². The van der Waals surface area contributed by atoms with Crippen LogP contribution < -0.4 is 4.74 Å². The lowest BCUT2D eigenvalue weighted by Gasteiger charge is -2.09. The highest BCUT2D eigenvalue weighted by atomic mass is 19.1. The zero-order chi connectivity index (χ0) is 13.4. The number of carbonyl (C=O) groups excluding carboxylic acids is 1. The molecule has 0 aliphatic carbocycles. The summed E-state index contributed by atoms with van der Waals surface area (Å²) in [6.45, 7) is 5.61. The van der Waals surface area contributed by atoms with Crippen LogP contribution in [-0.4, -0.2) is 12.4 Å². The number of hydrogen-bond donors (Lipinski definition) is 0. The maximum absolute atomic E-state index is 13.1. The van der Waals surface area contributed by atoms with Crippen molar-refractivity contribution in [3.8, 4) is 5.75 Å². The molecule has 0 radical (unpaired) electrons. The average molecular weight is 250 g/mol. The van der Waals surface area contributed by atoms with Gasteiger partial charge < -0.3 is 4.74 Å². The second-order valence-electron chi connectivity index (χ2n) is 4.18. The van der Waals surface area contributed by atoms with Crippen molar-refractivity contribution in [1.82, 2.24) is 0 Å². The Hall–Kier alpha value is -1.64. The zero-order valence-electron chi connectivity index (χ0n) is 10.7. The molecule has 0 amide bonds. The molecule has 0 saturated heterocycles. The fraction of sp³-hybridized carbons (Fsp3) is 0.400. The molecule has 0 bridgehead atoms. The van der Waals surface area contributed by atoms with Crippen LogP contribution in [0, 0.1) is 5.82 Å². The van der Waals surface area contributed by atoms with Crippen molar-refractivity contribution in [1.29, 1.82) is 0 Å². The Morgan fingerprint density at radius 1 is 1.39 bits per heavy atom. The van der Waals surface area contributed by atoms with Crippen LogP contribution in [0.1, 0.15) is 43.0 Å². The summed E-state index contributed by atoms with van der Waals surface area (Å²) in [6, 6.07) is 4.00. The number of unbranched alkanes of at least 4 members (excludes halogenated alkanes) is 3. The molecule has 1 aromatic carbocycles. The number of allylic oxidation sites excluding steroid dienone is 1. The number of rotatable bonds is 8. The third-order valence-electron chi connectivity index (χ3n) is 2.63. The van der Waals surface area contributed by atoms with E-state index in [1.165, 1.54) is 25.1 Å². The van der Waals surface area contributed by atoms with E-state index in [1.807, 2.05) is 6.08 Å². The molecule has 18 heavy (non-hydrogen) atoms. The molecular weight excluding hydrogens is 231 g/mol. The minimum Gasteiger partial charge on any atom is -0.493 e. The largest absolute Gasteiger partial charge is 0.493 e. The second-order valence-corrected chi connectivity index (χ2v) is 4.18. The van der Waals surface area contributed by atoms with Crippen LogP contribution in [0.2, 0.25) is 0 Å². The monoisotopic (exact) mass is 250 g/mol. The number of carbonyl (C=O) groups is 1. The summed E-state index contributed by atoms with van der Waals surface area (Å²) in [5, 5.41) is 0. The fourth-order valence-corrected chi connectivity index (χ4v) is 1.66. The van der Waals surface area contributed by atoms with Crippen molar-refractivity contribution in [2.75, 3.05) is 6.61 Å². The molecule has 0 atom stereocenters. The van der Waals surface area contributed by atoms with Crippen molar-refractivity contribution in [2.45, 2.75) is 32.6 Å². The summed E-state index contributed by atoms with van der Waals surface area (Å²) in [7, 11) is 0. The van der Waals surface area contributed by atoms with Crippen LogP contribution in [0.5, 0.6) is 5.75 Å². The molecule has 0 aromatic heterocycles. The Balaban J connectivity index is 2.47. The van der Waals surface area contributed by atoms with Gasteiger partial charge in [-0.1, -0.05) is 6.08 Å². The fourth-order valence-electron chi connectivity index (χ4n) is 1.66.